The number of rotatable bonds is 14. The molecule has 0 bridgehead atoms. The van der Waals surface area contributed by atoms with Crippen LogP contribution in [0.2, 0.25) is 0 Å². The van der Waals surface area contributed by atoms with E-state index in [4.69, 9.17) is 9.97 Å². The van der Waals surface area contributed by atoms with Gasteiger partial charge in [-0.05, 0) is 95.3 Å². The molecule has 19 nitrogen and oxygen atoms in total. The van der Waals surface area contributed by atoms with Gasteiger partial charge in [-0.3, -0.25) is 28.6 Å². The van der Waals surface area contributed by atoms with E-state index in [1.54, 1.807) is 42.0 Å². The number of carbonyl (C=O) groups excluding carboxylic acids is 3. The maximum atomic E-state index is 13.6. The van der Waals surface area contributed by atoms with Crippen molar-refractivity contribution in [3.05, 3.63) is 75.8 Å². The first-order valence-corrected chi connectivity index (χ1v) is 23.0. The lowest BCUT2D eigenvalue weighted by Gasteiger charge is -2.61. The van der Waals surface area contributed by atoms with E-state index in [1.807, 2.05) is 56.1 Å². The van der Waals surface area contributed by atoms with Gasteiger partial charge in [-0.15, -0.1) is 10.2 Å². The average Bonchev–Trinajstić information content (AvgIpc) is 3.79. The number of carbonyl (C=O) groups is 3. The first kappa shape index (κ1) is 44.4. The Balaban J connectivity index is 0.748. The fourth-order valence-corrected chi connectivity index (χ4v) is 9.93. The van der Waals surface area contributed by atoms with Gasteiger partial charge in [0.25, 0.3) is 11.5 Å². The van der Waals surface area contributed by atoms with Gasteiger partial charge in [0, 0.05) is 88.5 Å². The summed E-state index contributed by atoms with van der Waals surface area (Å²) in [6, 6.07) is 11.2. The Morgan fingerprint density at radius 1 is 0.864 bits per heavy atom. The van der Waals surface area contributed by atoms with Gasteiger partial charge in [-0.25, -0.2) is 15.0 Å². The van der Waals surface area contributed by atoms with Gasteiger partial charge >= 0.3 is 0 Å². The number of piperidine rings is 1. The fraction of sp³-hybridized carbons (Fsp3) is 0.489. The van der Waals surface area contributed by atoms with Crippen LogP contribution in [0.25, 0.3) is 11.0 Å². The fourth-order valence-electron chi connectivity index (χ4n) is 9.93. The normalized spacial score (nSPS) is 17.4. The number of ketones is 1. The smallest absolute Gasteiger partial charge is 0.263 e. The van der Waals surface area contributed by atoms with Crippen LogP contribution >= 0.6 is 0 Å². The van der Waals surface area contributed by atoms with E-state index in [2.05, 4.69) is 51.2 Å². The Bertz CT molecular complexity index is 2680. The number of nitrogens with zero attached hydrogens (tertiary/aromatic N) is 11. The second kappa shape index (κ2) is 18.3. The molecule has 1 saturated carbocycles. The first-order chi connectivity index (χ1) is 31.7. The van der Waals surface area contributed by atoms with Gasteiger partial charge in [0.15, 0.2) is 17.4 Å². The number of pyridine rings is 3. The van der Waals surface area contributed by atoms with Crippen molar-refractivity contribution in [3.63, 3.8) is 0 Å². The SMILES string of the molecule is CC(=O)c1c(C)c2cnc(Nc3ccc(N4CC5(CN(CC(=O)N6CCC(Nc7nc(NC(C)C)ccc7C(=O)Nc7ccc(N(C)C)nn7)CC6)C5)C4)cn3)nc2n(C2CCCC2)c1=O. The third-order valence-electron chi connectivity index (χ3n) is 13.2. The molecule has 5 aromatic heterocycles. The highest BCUT2D eigenvalue weighted by Gasteiger charge is 2.52. The van der Waals surface area contributed by atoms with Crippen LogP contribution in [0.3, 0.4) is 0 Å². The number of hydrogen-bond acceptors (Lipinski definition) is 16. The molecule has 9 rings (SSSR count). The summed E-state index contributed by atoms with van der Waals surface area (Å²) in [5, 5.41) is 21.9. The number of hydrogen-bond donors (Lipinski definition) is 4. The van der Waals surface area contributed by atoms with Crippen LogP contribution in [0.1, 0.15) is 91.6 Å². The molecule has 3 aliphatic heterocycles. The zero-order valence-corrected chi connectivity index (χ0v) is 38.6. The maximum absolute atomic E-state index is 13.6. The molecule has 4 aliphatic rings. The summed E-state index contributed by atoms with van der Waals surface area (Å²) in [7, 11) is 3.75. The Morgan fingerprint density at radius 2 is 1.59 bits per heavy atom. The van der Waals surface area contributed by atoms with Crippen molar-refractivity contribution in [2.75, 3.05) is 91.0 Å². The van der Waals surface area contributed by atoms with E-state index < -0.39 is 0 Å². The molecule has 8 heterocycles. The predicted molar refractivity (Wildman–Crippen MR) is 255 cm³/mol. The third kappa shape index (κ3) is 9.21. The molecule has 346 valence electrons. The minimum Gasteiger partial charge on any atom is -0.369 e. The summed E-state index contributed by atoms with van der Waals surface area (Å²) in [6.07, 6.45) is 8.82. The molecule has 0 aromatic carbocycles. The standard InChI is InChI=1S/C47H59N15O4/c1-28(2)50-37-14-12-34(44(65)53-38-15-16-39(57-56-38)58(5)6)42(52-37)51-31-17-19-60(20-18-31)40(64)23-59-24-47(25-59)26-61(27-47)33-11-13-36(48-21-33)54-46-49-22-35-29(3)41(30(4)63)45(66)62(43(35)55-46)32-9-7-8-10-32/h11-16,21-22,28,31-32H,7-10,17-20,23-27H2,1-6H3,(H2,50,51,52)(H,53,56,65)(H,48,49,54,55). The number of aryl methyl sites for hydroxylation is 1. The molecular formula is C47H59N15O4. The lowest BCUT2D eigenvalue weighted by molar-refractivity contribution is -0.137. The minimum absolute atomic E-state index is 0.00251. The predicted octanol–water partition coefficient (Wildman–Crippen LogP) is 5.10. The zero-order valence-electron chi connectivity index (χ0n) is 38.6. The topological polar surface area (TPSA) is 212 Å². The molecule has 0 atom stereocenters. The monoisotopic (exact) mass is 897 g/mol. The van der Waals surface area contributed by atoms with Gasteiger partial charge in [-0.1, -0.05) is 12.8 Å². The maximum Gasteiger partial charge on any atom is 0.263 e. The number of Topliss-reactive ketones (excluding diaryl/α,β-unsaturated/α-hetero) is 1. The van der Waals surface area contributed by atoms with E-state index in [0.29, 0.717) is 76.8 Å². The van der Waals surface area contributed by atoms with E-state index in [1.165, 1.54) is 6.92 Å². The summed E-state index contributed by atoms with van der Waals surface area (Å²) in [5.74, 6) is 2.66. The van der Waals surface area contributed by atoms with E-state index in [0.717, 1.165) is 70.4 Å². The van der Waals surface area contributed by atoms with Crippen molar-refractivity contribution in [3.8, 4) is 0 Å². The second-order valence-electron chi connectivity index (χ2n) is 18.9. The summed E-state index contributed by atoms with van der Waals surface area (Å²) in [4.78, 5) is 80.2. The molecule has 1 spiro atoms. The molecule has 3 saturated heterocycles. The Morgan fingerprint density at radius 3 is 2.24 bits per heavy atom. The van der Waals surface area contributed by atoms with Gasteiger partial charge in [-0.2, -0.15) is 4.98 Å². The highest BCUT2D eigenvalue weighted by molar-refractivity contribution is 6.07. The number of fused-ring (bicyclic) bond motifs is 1. The molecule has 2 amide bonds. The molecule has 5 aromatic rings. The number of likely N-dealkylation sites (tertiary alicyclic amines) is 2. The minimum atomic E-state index is -0.339. The highest BCUT2D eigenvalue weighted by Crippen LogP contribution is 2.42. The van der Waals surface area contributed by atoms with E-state index >= 15 is 0 Å². The van der Waals surface area contributed by atoms with Crippen LogP contribution in [0.4, 0.5) is 40.7 Å². The van der Waals surface area contributed by atoms with Crippen molar-refractivity contribution in [1.29, 1.82) is 0 Å². The van der Waals surface area contributed by atoms with Crippen LogP contribution in [0.5, 0.6) is 0 Å². The lowest BCUT2D eigenvalue weighted by Crippen LogP contribution is -2.73. The van der Waals surface area contributed by atoms with Crippen molar-refractivity contribution in [2.45, 2.75) is 84.3 Å². The Labute approximate surface area is 383 Å². The van der Waals surface area contributed by atoms with Crippen molar-refractivity contribution in [1.82, 2.24) is 44.5 Å². The first-order valence-electron chi connectivity index (χ1n) is 23.0. The molecule has 0 radical (unpaired) electrons. The van der Waals surface area contributed by atoms with Crippen LogP contribution in [-0.4, -0.2) is 134 Å². The molecule has 19 heteroatoms. The van der Waals surface area contributed by atoms with Gasteiger partial charge in [0.2, 0.25) is 11.9 Å². The number of aromatic nitrogens is 7. The second-order valence-corrected chi connectivity index (χ2v) is 18.9. The van der Waals surface area contributed by atoms with Crippen molar-refractivity contribution in [2.24, 2.45) is 5.41 Å². The van der Waals surface area contributed by atoms with E-state index in [-0.39, 0.29) is 52.3 Å². The lowest BCUT2D eigenvalue weighted by atomic mass is 9.72. The number of nitrogens with one attached hydrogen (secondary N) is 4. The third-order valence-corrected chi connectivity index (χ3v) is 13.2. The Hall–Kier alpha value is -6.76. The molecule has 4 N–H and O–H groups in total. The Kier molecular flexibility index (Phi) is 12.3. The molecule has 4 fully saturated rings. The number of anilines is 7. The van der Waals surface area contributed by atoms with Gasteiger partial charge in [0.05, 0.1) is 29.6 Å². The van der Waals surface area contributed by atoms with Crippen LogP contribution in [0.15, 0.2) is 53.6 Å². The molecule has 66 heavy (non-hydrogen) atoms. The van der Waals surface area contributed by atoms with Crippen LogP contribution in [-0.2, 0) is 4.79 Å². The van der Waals surface area contributed by atoms with Gasteiger partial charge < -0.3 is 36.0 Å². The molecule has 0 unspecified atom stereocenters. The van der Waals surface area contributed by atoms with E-state index in [9.17, 15) is 19.2 Å². The summed E-state index contributed by atoms with van der Waals surface area (Å²) in [5.41, 5.74) is 2.67. The largest absolute Gasteiger partial charge is 0.369 e. The summed E-state index contributed by atoms with van der Waals surface area (Å²) >= 11 is 0. The number of amides is 2. The summed E-state index contributed by atoms with van der Waals surface area (Å²) < 4.78 is 1.71. The van der Waals surface area contributed by atoms with Crippen LogP contribution in [0, 0.1) is 12.3 Å². The van der Waals surface area contributed by atoms with Crippen molar-refractivity contribution < 1.29 is 14.4 Å². The van der Waals surface area contributed by atoms with Crippen LogP contribution < -0.4 is 36.6 Å². The average molecular weight is 898 g/mol. The molecular weight excluding hydrogens is 839 g/mol. The quantitative estimate of drug-likeness (QED) is 0.107. The van der Waals surface area contributed by atoms with Crippen molar-refractivity contribution >= 4 is 69.4 Å². The highest BCUT2D eigenvalue weighted by atomic mass is 16.2. The molecule has 1 aliphatic carbocycles. The van der Waals surface area contributed by atoms with Gasteiger partial charge in [0.1, 0.15) is 23.1 Å². The summed E-state index contributed by atoms with van der Waals surface area (Å²) in [6.45, 7) is 12.5. The zero-order chi connectivity index (χ0) is 46.3.